The minimum atomic E-state index is -0.733. The molecule has 0 saturated carbocycles. The minimum absolute atomic E-state index is 0.184. The van der Waals surface area contributed by atoms with E-state index in [0.717, 1.165) is 5.56 Å². The van der Waals surface area contributed by atoms with Gasteiger partial charge in [-0.25, -0.2) is 9.79 Å². The number of methoxy groups -OCH3 is 1. The van der Waals surface area contributed by atoms with Gasteiger partial charge < -0.3 is 14.2 Å². The number of hydrogen-bond acceptors (Lipinski definition) is 7. The number of terminal acetylenes is 1. The SMILES string of the molecule is C#CCOc1ccc(/C=c2\sc3n(c2=O)[C@@H](c2ccccc2OC)C(C(=O)OCC)=C(C)N=3)cc1. The van der Waals surface area contributed by atoms with E-state index in [0.29, 0.717) is 37.7 Å². The first-order valence-electron chi connectivity index (χ1n) is 11.0. The molecular weight excluding hydrogens is 464 g/mol. The van der Waals surface area contributed by atoms with E-state index in [1.54, 1.807) is 45.2 Å². The third-order valence-corrected chi connectivity index (χ3v) is 6.43. The number of fused-ring (bicyclic) bond motifs is 1. The third-order valence-electron chi connectivity index (χ3n) is 5.45. The van der Waals surface area contributed by atoms with Gasteiger partial charge in [0.25, 0.3) is 5.56 Å². The summed E-state index contributed by atoms with van der Waals surface area (Å²) in [5.41, 5.74) is 2.05. The van der Waals surface area contributed by atoms with Crippen LogP contribution >= 0.6 is 11.3 Å². The zero-order valence-electron chi connectivity index (χ0n) is 19.6. The number of carbonyl (C=O) groups is 1. The predicted molar refractivity (Wildman–Crippen MR) is 134 cm³/mol. The van der Waals surface area contributed by atoms with E-state index in [-0.39, 0.29) is 18.8 Å². The van der Waals surface area contributed by atoms with Crippen molar-refractivity contribution in [1.29, 1.82) is 0 Å². The first-order chi connectivity index (χ1) is 17.0. The monoisotopic (exact) mass is 488 g/mol. The number of benzene rings is 2. The Morgan fingerprint density at radius 3 is 2.66 bits per heavy atom. The van der Waals surface area contributed by atoms with Gasteiger partial charge in [0.1, 0.15) is 24.1 Å². The summed E-state index contributed by atoms with van der Waals surface area (Å²) < 4.78 is 18.3. The molecule has 0 spiro atoms. The number of aromatic nitrogens is 1. The molecule has 0 amide bonds. The lowest BCUT2D eigenvalue weighted by atomic mass is 9.95. The van der Waals surface area contributed by atoms with Crippen molar-refractivity contribution >= 4 is 23.4 Å². The van der Waals surface area contributed by atoms with Crippen molar-refractivity contribution in [3.05, 3.63) is 90.6 Å². The molecule has 0 N–H and O–H groups in total. The molecule has 7 nitrogen and oxygen atoms in total. The van der Waals surface area contributed by atoms with E-state index in [2.05, 4.69) is 10.9 Å². The number of carbonyl (C=O) groups excluding carboxylic acids is 1. The number of nitrogens with zero attached hydrogens (tertiary/aromatic N) is 2. The van der Waals surface area contributed by atoms with Gasteiger partial charge in [-0.15, -0.1) is 6.42 Å². The van der Waals surface area contributed by atoms with Crippen LogP contribution in [0.1, 0.15) is 31.0 Å². The highest BCUT2D eigenvalue weighted by molar-refractivity contribution is 7.07. The van der Waals surface area contributed by atoms with Crippen LogP contribution in [0.2, 0.25) is 0 Å². The first-order valence-corrected chi connectivity index (χ1v) is 11.8. The lowest BCUT2D eigenvalue weighted by Crippen LogP contribution is -2.40. The zero-order chi connectivity index (χ0) is 24.9. The average Bonchev–Trinajstić information content (AvgIpc) is 3.17. The molecule has 0 aliphatic carbocycles. The lowest BCUT2D eigenvalue weighted by Gasteiger charge is -2.25. The summed E-state index contributed by atoms with van der Waals surface area (Å²) in [6.07, 6.45) is 7.02. The maximum Gasteiger partial charge on any atom is 0.338 e. The lowest BCUT2D eigenvalue weighted by molar-refractivity contribution is -0.139. The Kier molecular flexibility index (Phi) is 7.18. The van der Waals surface area contributed by atoms with Crippen molar-refractivity contribution in [1.82, 2.24) is 4.57 Å². The number of thiazole rings is 1. The van der Waals surface area contributed by atoms with Crippen LogP contribution in [0.15, 0.2) is 69.6 Å². The molecule has 2 aromatic carbocycles. The molecule has 35 heavy (non-hydrogen) atoms. The highest BCUT2D eigenvalue weighted by atomic mass is 32.1. The van der Waals surface area contributed by atoms with Crippen molar-refractivity contribution in [3.8, 4) is 23.8 Å². The van der Waals surface area contributed by atoms with Crippen LogP contribution in [-0.4, -0.2) is 30.9 Å². The van der Waals surface area contributed by atoms with Crippen molar-refractivity contribution in [3.63, 3.8) is 0 Å². The fourth-order valence-corrected chi connectivity index (χ4v) is 4.96. The summed E-state index contributed by atoms with van der Waals surface area (Å²) in [6.45, 7) is 3.88. The van der Waals surface area contributed by atoms with Crippen LogP contribution in [0.25, 0.3) is 6.08 Å². The molecular formula is C27H24N2O5S. The Morgan fingerprint density at radius 1 is 1.23 bits per heavy atom. The normalized spacial score (nSPS) is 15.1. The first kappa shape index (κ1) is 24.0. The van der Waals surface area contributed by atoms with E-state index in [1.165, 1.54) is 15.9 Å². The topological polar surface area (TPSA) is 79.1 Å². The Hall–Kier alpha value is -4.09. The van der Waals surface area contributed by atoms with Gasteiger partial charge in [-0.2, -0.15) is 0 Å². The summed E-state index contributed by atoms with van der Waals surface area (Å²) in [5, 5.41) is 0. The van der Waals surface area contributed by atoms with Crippen LogP contribution in [-0.2, 0) is 9.53 Å². The predicted octanol–water partition coefficient (Wildman–Crippen LogP) is 2.82. The average molecular weight is 489 g/mol. The Balaban J connectivity index is 1.88. The second kappa shape index (κ2) is 10.5. The fraction of sp³-hybridized carbons (Fsp3) is 0.222. The van der Waals surface area contributed by atoms with Crippen molar-refractivity contribution in [2.75, 3.05) is 20.3 Å². The molecule has 1 aliphatic heterocycles. The van der Waals surface area contributed by atoms with E-state index in [1.807, 2.05) is 30.3 Å². The molecule has 0 bridgehead atoms. The highest BCUT2D eigenvalue weighted by Gasteiger charge is 2.34. The molecule has 3 aromatic rings. The third kappa shape index (κ3) is 4.77. The second-order valence-corrected chi connectivity index (χ2v) is 8.62. The molecule has 2 heterocycles. The van der Waals surface area contributed by atoms with Crippen LogP contribution in [0.4, 0.5) is 0 Å². The molecule has 8 heteroatoms. The molecule has 178 valence electrons. The quantitative estimate of drug-likeness (QED) is 0.378. The van der Waals surface area contributed by atoms with E-state index < -0.39 is 12.0 Å². The van der Waals surface area contributed by atoms with Gasteiger partial charge in [0.15, 0.2) is 4.80 Å². The summed E-state index contributed by atoms with van der Waals surface area (Å²) in [5.74, 6) is 3.12. The van der Waals surface area contributed by atoms with Crippen molar-refractivity contribution in [2.45, 2.75) is 19.9 Å². The standard InChI is InChI=1S/C27H24N2O5S/c1-5-15-34-19-13-11-18(12-14-19)16-22-25(30)29-24(20-9-7-8-10-21(20)32-4)23(26(31)33-6-2)17(3)28-27(29)35-22/h1,7-14,16,24H,6,15H2,2-4H3/b22-16-/t24-/m0/s1. The molecule has 0 fully saturated rings. The summed E-state index contributed by atoms with van der Waals surface area (Å²) in [6, 6.07) is 13.9. The molecule has 1 atom stereocenters. The summed E-state index contributed by atoms with van der Waals surface area (Å²) in [4.78, 5) is 31.7. The second-order valence-electron chi connectivity index (χ2n) is 7.61. The number of rotatable bonds is 7. The van der Waals surface area contributed by atoms with Gasteiger partial charge in [-0.05, 0) is 43.7 Å². The van der Waals surface area contributed by atoms with E-state index in [9.17, 15) is 9.59 Å². The maximum absolute atomic E-state index is 13.7. The van der Waals surface area contributed by atoms with E-state index in [4.69, 9.17) is 20.6 Å². The number of allylic oxidation sites excluding steroid dienone is 1. The molecule has 0 unspecified atom stereocenters. The van der Waals surface area contributed by atoms with Crippen molar-refractivity contribution in [2.24, 2.45) is 4.99 Å². The number of hydrogen-bond donors (Lipinski definition) is 0. The number of esters is 1. The zero-order valence-corrected chi connectivity index (χ0v) is 20.4. The Bertz CT molecular complexity index is 1510. The summed E-state index contributed by atoms with van der Waals surface area (Å²) >= 11 is 1.26. The molecule has 0 saturated heterocycles. The van der Waals surface area contributed by atoms with Gasteiger partial charge in [0.05, 0.1) is 29.5 Å². The smallest absolute Gasteiger partial charge is 0.338 e. The molecule has 0 radical (unpaired) electrons. The van der Waals surface area contributed by atoms with Crippen molar-refractivity contribution < 1.29 is 19.0 Å². The molecule has 1 aliphatic rings. The fourth-order valence-electron chi connectivity index (χ4n) is 3.91. The van der Waals surface area contributed by atoms with Gasteiger partial charge in [0.2, 0.25) is 0 Å². The Labute approximate surface area is 206 Å². The minimum Gasteiger partial charge on any atom is -0.496 e. The number of ether oxygens (including phenoxy) is 3. The maximum atomic E-state index is 13.7. The van der Waals surface area contributed by atoms with Gasteiger partial charge >= 0.3 is 5.97 Å². The van der Waals surface area contributed by atoms with Gasteiger partial charge in [-0.3, -0.25) is 9.36 Å². The number of para-hydroxylation sites is 1. The highest BCUT2D eigenvalue weighted by Crippen LogP contribution is 2.35. The van der Waals surface area contributed by atoms with Crippen LogP contribution in [0.3, 0.4) is 0 Å². The Morgan fingerprint density at radius 2 is 1.97 bits per heavy atom. The van der Waals surface area contributed by atoms with E-state index >= 15 is 0 Å². The van der Waals surface area contributed by atoms with Gasteiger partial charge in [0, 0.05) is 5.56 Å². The van der Waals surface area contributed by atoms with Gasteiger partial charge in [-0.1, -0.05) is 47.6 Å². The van der Waals surface area contributed by atoms with Crippen LogP contribution < -0.4 is 24.4 Å². The largest absolute Gasteiger partial charge is 0.496 e. The molecule has 4 rings (SSSR count). The summed E-state index contributed by atoms with van der Waals surface area (Å²) in [7, 11) is 1.56. The van der Waals surface area contributed by atoms with Crippen LogP contribution in [0, 0.1) is 12.3 Å². The molecule has 1 aromatic heterocycles. The van der Waals surface area contributed by atoms with Crippen LogP contribution in [0.5, 0.6) is 11.5 Å².